The molecule has 0 radical (unpaired) electrons. The number of carbonyl (C=O) groups excluding carboxylic acids is 1. The molecule has 5 heteroatoms. The Morgan fingerprint density at radius 2 is 1.88 bits per heavy atom. The highest BCUT2D eigenvalue weighted by Gasteiger charge is 2.34. The van der Waals surface area contributed by atoms with Crippen LogP contribution in [0.4, 0.5) is 0 Å². The van der Waals surface area contributed by atoms with Crippen molar-refractivity contribution in [1.29, 1.82) is 0 Å². The van der Waals surface area contributed by atoms with Crippen LogP contribution in [0.2, 0.25) is 0 Å². The molecule has 1 aliphatic rings. The van der Waals surface area contributed by atoms with Crippen molar-refractivity contribution >= 4 is 11.9 Å². The fraction of sp³-hybridized carbons (Fsp3) is 0.833. The SMILES string of the molecule is CC(O)CC(C)NC(=O)[C@@H]1CC[C@H](C(=O)O)C1. The van der Waals surface area contributed by atoms with Gasteiger partial charge < -0.3 is 15.5 Å². The highest BCUT2D eigenvalue weighted by molar-refractivity contribution is 5.81. The first-order chi connectivity index (χ1) is 7.90. The number of aliphatic hydroxyl groups excluding tert-OH is 1. The van der Waals surface area contributed by atoms with Crippen LogP contribution in [0.5, 0.6) is 0 Å². The quantitative estimate of drug-likeness (QED) is 0.665. The van der Waals surface area contributed by atoms with Crippen LogP contribution in [0.25, 0.3) is 0 Å². The number of hydrogen-bond acceptors (Lipinski definition) is 3. The third kappa shape index (κ3) is 4.34. The molecule has 2 unspecified atom stereocenters. The zero-order valence-electron chi connectivity index (χ0n) is 10.3. The van der Waals surface area contributed by atoms with Crippen molar-refractivity contribution in [2.24, 2.45) is 11.8 Å². The van der Waals surface area contributed by atoms with Gasteiger partial charge in [0.1, 0.15) is 0 Å². The van der Waals surface area contributed by atoms with Gasteiger partial charge in [-0.25, -0.2) is 0 Å². The van der Waals surface area contributed by atoms with Crippen LogP contribution in [0, 0.1) is 11.8 Å². The van der Waals surface area contributed by atoms with Crippen molar-refractivity contribution in [3.8, 4) is 0 Å². The number of carboxylic acid groups (broad SMARTS) is 1. The van der Waals surface area contributed by atoms with Crippen molar-refractivity contribution in [2.75, 3.05) is 0 Å². The molecule has 1 amide bonds. The Balaban J connectivity index is 2.37. The number of aliphatic hydroxyl groups is 1. The maximum atomic E-state index is 11.8. The lowest BCUT2D eigenvalue weighted by Crippen LogP contribution is -2.38. The molecule has 1 rings (SSSR count). The largest absolute Gasteiger partial charge is 0.481 e. The topological polar surface area (TPSA) is 86.6 Å². The van der Waals surface area contributed by atoms with Crippen LogP contribution in [0.15, 0.2) is 0 Å². The summed E-state index contributed by atoms with van der Waals surface area (Å²) >= 11 is 0. The van der Waals surface area contributed by atoms with Crippen LogP contribution in [-0.2, 0) is 9.59 Å². The summed E-state index contributed by atoms with van der Waals surface area (Å²) in [5.41, 5.74) is 0. The van der Waals surface area contributed by atoms with E-state index in [-0.39, 0.29) is 23.8 Å². The molecule has 3 N–H and O–H groups in total. The summed E-state index contributed by atoms with van der Waals surface area (Å²) in [6.45, 7) is 3.52. The van der Waals surface area contributed by atoms with Gasteiger partial charge in [0.2, 0.25) is 5.91 Å². The second-order valence-corrected chi connectivity index (χ2v) is 5.04. The smallest absolute Gasteiger partial charge is 0.306 e. The minimum Gasteiger partial charge on any atom is -0.481 e. The van der Waals surface area contributed by atoms with Gasteiger partial charge in [-0.15, -0.1) is 0 Å². The van der Waals surface area contributed by atoms with Crippen molar-refractivity contribution in [3.05, 3.63) is 0 Å². The van der Waals surface area contributed by atoms with Crippen LogP contribution in [0.1, 0.15) is 39.5 Å². The van der Waals surface area contributed by atoms with Crippen molar-refractivity contribution < 1.29 is 19.8 Å². The minimum absolute atomic E-state index is 0.0774. The van der Waals surface area contributed by atoms with E-state index in [0.29, 0.717) is 25.7 Å². The maximum absolute atomic E-state index is 11.8. The number of aliphatic carboxylic acids is 1. The average Bonchev–Trinajstić information content (AvgIpc) is 2.64. The number of nitrogens with one attached hydrogen (secondary N) is 1. The van der Waals surface area contributed by atoms with Crippen LogP contribution >= 0.6 is 0 Å². The molecular formula is C12H21NO4. The van der Waals surface area contributed by atoms with E-state index in [1.165, 1.54) is 0 Å². The summed E-state index contributed by atoms with van der Waals surface area (Å²) in [5.74, 6) is -1.45. The van der Waals surface area contributed by atoms with Gasteiger partial charge in [-0.1, -0.05) is 0 Å². The van der Waals surface area contributed by atoms with Crippen LogP contribution in [-0.4, -0.2) is 34.2 Å². The summed E-state index contributed by atoms with van der Waals surface area (Å²) in [7, 11) is 0. The first-order valence-electron chi connectivity index (χ1n) is 6.11. The Hall–Kier alpha value is -1.10. The van der Waals surface area contributed by atoms with Gasteiger partial charge in [-0.3, -0.25) is 9.59 Å². The molecule has 0 aromatic rings. The molecule has 1 aliphatic carbocycles. The first-order valence-corrected chi connectivity index (χ1v) is 6.11. The summed E-state index contributed by atoms with van der Waals surface area (Å²) in [6, 6.07) is -0.0774. The maximum Gasteiger partial charge on any atom is 0.306 e. The summed E-state index contributed by atoms with van der Waals surface area (Å²) < 4.78 is 0. The van der Waals surface area contributed by atoms with E-state index < -0.39 is 12.1 Å². The number of hydrogen-bond donors (Lipinski definition) is 3. The molecule has 1 fully saturated rings. The van der Waals surface area contributed by atoms with Crippen molar-refractivity contribution in [1.82, 2.24) is 5.32 Å². The summed E-state index contributed by atoms with van der Waals surface area (Å²) in [6.07, 6.45) is 1.73. The lowest BCUT2D eigenvalue weighted by atomic mass is 10.0. The van der Waals surface area contributed by atoms with E-state index in [4.69, 9.17) is 5.11 Å². The van der Waals surface area contributed by atoms with E-state index in [9.17, 15) is 14.7 Å². The molecule has 0 aromatic heterocycles. The monoisotopic (exact) mass is 243 g/mol. The van der Waals surface area contributed by atoms with Gasteiger partial charge in [0.05, 0.1) is 12.0 Å². The Morgan fingerprint density at radius 1 is 1.29 bits per heavy atom. The minimum atomic E-state index is -0.808. The lowest BCUT2D eigenvalue weighted by Gasteiger charge is -2.18. The van der Waals surface area contributed by atoms with E-state index in [0.717, 1.165) is 0 Å². The van der Waals surface area contributed by atoms with Gasteiger partial charge in [0.15, 0.2) is 0 Å². The van der Waals surface area contributed by atoms with E-state index in [2.05, 4.69) is 5.32 Å². The standard InChI is InChI=1S/C12H21NO4/c1-7(5-8(2)14)13-11(15)9-3-4-10(6-9)12(16)17/h7-10,14H,3-6H2,1-2H3,(H,13,15)(H,16,17)/t7?,8?,9-,10+/m1/s1. The van der Waals surface area contributed by atoms with Gasteiger partial charge in [0, 0.05) is 12.0 Å². The third-order valence-corrected chi connectivity index (χ3v) is 3.24. The number of carboxylic acids is 1. The highest BCUT2D eigenvalue weighted by atomic mass is 16.4. The highest BCUT2D eigenvalue weighted by Crippen LogP contribution is 2.31. The fourth-order valence-corrected chi connectivity index (χ4v) is 2.38. The zero-order valence-corrected chi connectivity index (χ0v) is 10.3. The number of rotatable bonds is 5. The molecule has 0 aromatic carbocycles. The van der Waals surface area contributed by atoms with Crippen molar-refractivity contribution in [2.45, 2.75) is 51.7 Å². The molecule has 0 spiro atoms. The third-order valence-electron chi connectivity index (χ3n) is 3.24. The number of amides is 1. The average molecular weight is 243 g/mol. The van der Waals surface area contributed by atoms with Crippen molar-refractivity contribution in [3.63, 3.8) is 0 Å². The molecule has 1 saturated carbocycles. The van der Waals surface area contributed by atoms with Gasteiger partial charge in [0.25, 0.3) is 0 Å². The molecular weight excluding hydrogens is 222 g/mol. The molecule has 4 atom stereocenters. The Morgan fingerprint density at radius 3 is 2.35 bits per heavy atom. The van der Waals surface area contributed by atoms with E-state index in [1.807, 2.05) is 6.92 Å². The fourth-order valence-electron chi connectivity index (χ4n) is 2.38. The van der Waals surface area contributed by atoms with E-state index in [1.54, 1.807) is 6.92 Å². The van der Waals surface area contributed by atoms with Gasteiger partial charge >= 0.3 is 5.97 Å². The molecule has 0 heterocycles. The van der Waals surface area contributed by atoms with Crippen LogP contribution < -0.4 is 5.32 Å². The second kappa shape index (κ2) is 6.00. The molecule has 17 heavy (non-hydrogen) atoms. The molecule has 5 nitrogen and oxygen atoms in total. The Labute approximate surface area is 101 Å². The first kappa shape index (κ1) is 14.0. The normalized spacial score (nSPS) is 27.5. The van der Waals surface area contributed by atoms with E-state index >= 15 is 0 Å². The Kier molecular flexibility index (Phi) is 4.93. The molecule has 0 aliphatic heterocycles. The van der Waals surface area contributed by atoms with Gasteiger partial charge in [-0.2, -0.15) is 0 Å². The summed E-state index contributed by atoms with van der Waals surface area (Å²) in [4.78, 5) is 22.6. The predicted octanol–water partition coefficient (Wildman–Crippen LogP) is 0.763. The molecule has 0 saturated heterocycles. The van der Waals surface area contributed by atoms with Crippen LogP contribution in [0.3, 0.4) is 0 Å². The second-order valence-electron chi connectivity index (χ2n) is 5.04. The molecule has 0 bridgehead atoms. The Bertz CT molecular complexity index is 290. The molecule has 98 valence electrons. The summed E-state index contributed by atoms with van der Waals surface area (Å²) in [5, 5.41) is 20.9. The number of carbonyl (C=O) groups is 2. The van der Waals surface area contributed by atoms with Gasteiger partial charge in [-0.05, 0) is 39.5 Å². The lowest BCUT2D eigenvalue weighted by molar-refractivity contribution is -0.141. The predicted molar refractivity (Wildman–Crippen MR) is 62.4 cm³/mol. The zero-order chi connectivity index (χ0) is 13.0.